The van der Waals surface area contributed by atoms with Crippen molar-refractivity contribution in [2.24, 2.45) is 0 Å². The van der Waals surface area contributed by atoms with Crippen molar-refractivity contribution in [1.29, 1.82) is 0 Å². The highest BCUT2D eigenvalue weighted by Crippen LogP contribution is 2.33. The molecule has 1 heterocycles. The predicted molar refractivity (Wildman–Crippen MR) is 66.8 cm³/mol. The predicted octanol–water partition coefficient (Wildman–Crippen LogP) is 3.83. The summed E-state index contributed by atoms with van der Waals surface area (Å²) in [5.41, 5.74) is 0.767. The first-order chi connectivity index (χ1) is 8.97. The molecular formula is C13H12F3NOS. The molecule has 0 saturated heterocycles. The maximum atomic E-state index is 12.4. The van der Waals surface area contributed by atoms with Gasteiger partial charge in [-0.05, 0) is 18.4 Å². The Balaban J connectivity index is 1.94. The summed E-state index contributed by atoms with van der Waals surface area (Å²) in [5, 5.41) is 9.07. The van der Waals surface area contributed by atoms with Crippen molar-refractivity contribution in [3.05, 3.63) is 52.0 Å². The molecule has 2 nitrogen and oxygen atoms in total. The molecule has 1 aromatic carbocycles. The van der Waals surface area contributed by atoms with Crippen molar-refractivity contribution in [1.82, 2.24) is 4.98 Å². The van der Waals surface area contributed by atoms with Crippen molar-refractivity contribution in [2.45, 2.75) is 25.1 Å². The lowest BCUT2D eigenvalue weighted by Gasteiger charge is -2.09. The topological polar surface area (TPSA) is 33.1 Å². The van der Waals surface area contributed by atoms with Crippen LogP contribution in [0.3, 0.4) is 0 Å². The summed E-state index contributed by atoms with van der Waals surface area (Å²) in [5.74, 6) is 0. The number of rotatable bonds is 4. The fourth-order valence-electron chi connectivity index (χ4n) is 1.67. The minimum Gasteiger partial charge on any atom is -0.388 e. The number of nitrogens with zero attached hydrogens (tertiary/aromatic N) is 1. The molecule has 0 bridgehead atoms. The molecular weight excluding hydrogens is 275 g/mol. The highest BCUT2D eigenvalue weighted by atomic mass is 32.1. The number of alkyl halides is 3. The van der Waals surface area contributed by atoms with Crippen LogP contribution in [0.2, 0.25) is 0 Å². The molecule has 6 heteroatoms. The van der Waals surface area contributed by atoms with Gasteiger partial charge in [0.25, 0.3) is 0 Å². The number of hydrogen-bond acceptors (Lipinski definition) is 3. The second-order valence-corrected chi connectivity index (χ2v) is 5.21. The molecule has 0 amide bonds. The molecule has 0 saturated carbocycles. The van der Waals surface area contributed by atoms with E-state index in [1.54, 1.807) is 12.1 Å². The van der Waals surface area contributed by atoms with E-state index in [-0.39, 0.29) is 0 Å². The quantitative estimate of drug-likeness (QED) is 0.927. The van der Waals surface area contributed by atoms with Gasteiger partial charge in [-0.15, -0.1) is 11.3 Å². The number of aryl methyl sites for hydroxylation is 1. The Morgan fingerprint density at radius 1 is 1.21 bits per heavy atom. The van der Waals surface area contributed by atoms with Crippen LogP contribution in [0, 0.1) is 0 Å². The smallest absolute Gasteiger partial charge is 0.388 e. The molecule has 0 fully saturated rings. The van der Waals surface area contributed by atoms with Gasteiger partial charge in [0.1, 0.15) is 0 Å². The first-order valence-corrected chi connectivity index (χ1v) is 6.53. The Bertz CT molecular complexity index is 524. The third-order valence-corrected chi connectivity index (χ3v) is 3.75. The van der Waals surface area contributed by atoms with Gasteiger partial charge in [-0.25, -0.2) is 4.98 Å². The number of halogens is 3. The molecule has 0 spiro atoms. The summed E-state index contributed by atoms with van der Waals surface area (Å²) in [6.07, 6.45) is -3.07. The van der Waals surface area contributed by atoms with Crippen molar-refractivity contribution in [3.63, 3.8) is 0 Å². The van der Waals surface area contributed by atoms with E-state index < -0.39 is 17.3 Å². The molecule has 0 aliphatic carbocycles. The van der Waals surface area contributed by atoms with Gasteiger partial charge in [0.05, 0.1) is 6.10 Å². The Labute approximate surface area is 112 Å². The molecule has 1 aromatic heterocycles. The van der Waals surface area contributed by atoms with Crippen LogP contribution in [0.4, 0.5) is 13.2 Å². The molecule has 0 aliphatic rings. The monoisotopic (exact) mass is 287 g/mol. The Kier molecular flexibility index (Phi) is 4.21. The number of aromatic nitrogens is 1. The maximum absolute atomic E-state index is 12.4. The number of benzene rings is 1. The third kappa shape index (κ3) is 3.78. The lowest BCUT2D eigenvalue weighted by Crippen LogP contribution is -2.02. The zero-order valence-corrected chi connectivity index (χ0v) is 10.7. The SMILES string of the molecule is OC(CCc1cnc(C(F)(F)F)s1)c1ccccc1. The second-order valence-electron chi connectivity index (χ2n) is 4.09. The highest BCUT2D eigenvalue weighted by Gasteiger charge is 2.34. The fraction of sp³-hybridized carbons (Fsp3) is 0.308. The Morgan fingerprint density at radius 3 is 2.47 bits per heavy atom. The minimum absolute atomic E-state index is 0.378. The van der Waals surface area contributed by atoms with Crippen LogP contribution in [0.1, 0.15) is 28.0 Å². The van der Waals surface area contributed by atoms with Crippen molar-refractivity contribution in [3.8, 4) is 0 Å². The summed E-state index contributed by atoms with van der Waals surface area (Å²) in [7, 11) is 0. The molecule has 19 heavy (non-hydrogen) atoms. The van der Waals surface area contributed by atoms with E-state index in [1.807, 2.05) is 18.2 Å². The van der Waals surface area contributed by atoms with E-state index in [2.05, 4.69) is 4.98 Å². The fourth-order valence-corrected chi connectivity index (χ4v) is 2.47. The molecule has 0 aliphatic heterocycles. The Morgan fingerprint density at radius 2 is 1.89 bits per heavy atom. The first-order valence-electron chi connectivity index (χ1n) is 5.72. The van der Waals surface area contributed by atoms with Crippen LogP contribution in [0.15, 0.2) is 36.5 Å². The van der Waals surface area contributed by atoms with E-state index >= 15 is 0 Å². The van der Waals surface area contributed by atoms with Gasteiger partial charge in [0.2, 0.25) is 0 Å². The van der Waals surface area contributed by atoms with Crippen molar-refractivity contribution in [2.75, 3.05) is 0 Å². The van der Waals surface area contributed by atoms with E-state index in [9.17, 15) is 18.3 Å². The molecule has 2 aromatic rings. The van der Waals surface area contributed by atoms with Crippen LogP contribution in [0.5, 0.6) is 0 Å². The van der Waals surface area contributed by atoms with Gasteiger partial charge in [0.15, 0.2) is 5.01 Å². The normalized spacial score (nSPS) is 13.5. The molecule has 0 radical (unpaired) electrons. The van der Waals surface area contributed by atoms with Gasteiger partial charge in [-0.1, -0.05) is 30.3 Å². The number of aliphatic hydroxyl groups excluding tert-OH is 1. The summed E-state index contributed by atoms with van der Waals surface area (Å²) < 4.78 is 37.1. The van der Waals surface area contributed by atoms with Crippen LogP contribution in [-0.2, 0) is 12.6 Å². The van der Waals surface area contributed by atoms with Gasteiger partial charge < -0.3 is 5.11 Å². The first kappa shape index (κ1) is 14.0. The molecule has 1 unspecified atom stereocenters. The minimum atomic E-state index is -4.39. The molecule has 1 N–H and O–H groups in total. The van der Waals surface area contributed by atoms with Gasteiger partial charge in [-0.2, -0.15) is 13.2 Å². The molecule has 2 rings (SSSR count). The van der Waals surface area contributed by atoms with Gasteiger partial charge >= 0.3 is 6.18 Å². The second kappa shape index (κ2) is 5.71. The van der Waals surface area contributed by atoms with Crippen molar-refractivity contribution < 1.29 is 18.3 Å². The van der Waals surface area contributed by atoms with Crippen molar-refractivity contribution >= 4 is 11.3 Å². The summed E-state index contributed by atoms with van der Waals surface area (Å²) in [6, 6.07) is 9.05. The zero-order valence-electron chi connectivity index (χ0n) is 9.89. The number of thiazole rings is 1. The van der Waals surface area contributed by atoms with Crippen LogP contribution in [-0.4, -0.2) is 10.1 Å². The van der Waals surface area contributed by atoms with E-state index in [1.165, 1.54) is 6.20 Å². The van der Waals surface area contributed by atoms with E-state index in [0.29, 0.717) is 29.1 Å². The average molecular weight is 287 g/mol. The van der Waals surface area contributed by atoms with Gasteiger partial charge in [0, 0.05) is 11.1 Å². The highest BCUT2D eigenvalue weighted by molar-refractivity contribution is 7.11. The summed E-state index contributed by atoms with van der Waals surface area (Å²) in [6.45, 7) is 0. The standard InChI is InChI=1S/C13H12F3NOS/c14-13(15,16)12-17-8-10(19-12)6-7-11(18)9-4-2-1-3-5-9/h1-5,8,11,18H,6-7H2. The Hall–Kier alpha value is -1.40. The zero-order chi connectivity index (χ0) is 13.9. The molecule has 1 atom stereocenters. The summed E-state index contributed by atoms with van der Waals surface area (Å²) >= 11 is 0.630. The maximum Gasteiger partial charge on any atom is 0.443 e. The lowest BCUT2D eigenvalue weighted by molar-refractivity contribution is -0.137. The average Bonchev–Trinajstić information content (AvgIpc) is 2.86. The number of aliphatic hydroxyl groups is 1. The van der Waals surface area contributed by atoms with Crippen LogP contribution < -0.4 is 0 Å². The van der Waals surface area contributed by atoms with Crippen LogP contribution >= 0.6 is 11.3 Å². The van der Waals surface area contributed by atoms with Gasteiger partial charge in [-0.3, -0.25) is 0 Å². The largest absolute Gasteiger partial charge is 0.443 e. The molecule has 102 valence electrons. The summed E-state index contributed by atoms with van der Waals surface area (Å²) in [4.78, 5) is 3.88. The lowest BCUT2D eigenvalue weighted by atomic mass is 10.1. The van der Waals surface area contributed by atoms with E-state index in [0.717, 1.165) is 5.56 Å². The van der Waals surface area contributed by atoms with Crippen LogP contribution in [0.25, 0.3) is 0 Å². The third-order valence-electron chi connectivity index (χ3n) is 2.64. The number of hydrogen-bond donors (Lipinski definition) is 1. The van der Waals surface area contributed by atoms with E-state index in [4.69, 9.17) is 0 Å².